The number of nitrogens with two attached hydrogens (primary N) is 1. The standard InChI is InChI=1S/C25H31FN10O3S/c1-31-25(37)34(24-30-22-21(36(24)31)20(29-16-35(22)27)23-28-5-14-40-23)11-8-32-6-9-33(10-7-32)17-3-4-19(18(26)15-17)39-13-12-38-2/h3-5,14-15H,6-13,16,27H2,1-2H3. The number of imidazole rings is 1. The fourth-order valence-corrected chi connectivity index (χ4v) is 5.75. The molecule has 0 saturated carbocycles. The van der Waals surface area contributed by atoms with Gasteiger partial charge in [0.15, 0.2) is 17.4 Å². The molecule has 0 radical (unpaired) electrons. The maximum Gasteiger partial charge on any atom is 0.345 e. The molecule has 0 bridgehead atoms. The van der Waals surface area contributed by atoms with E-state index in [4.69, 9.17) is 20.3 Å². The van der Waals surface area contributed by atoms with Crippen LogP contribution in [-0.2, 0) is 18.3 Å². The van der Waals surface area contributed by atoms with Gasteiger partial charge < -0.3 is 14.4 Å². The summed E-state index contributed by atoms with van der Waals surface area (Å²) in [5.74, 6) is 7.13. The molecule has 5 heterocycles. The molecule has 1 saturated heterocycles. The Hall–Kier alpha value is -3.79. The number of aliphatic imine (C=N–C) groups is 1. The number of fused-ring (bicyclic) bond motifs is 3. The van der Waals surface area contributed by atoms with Crippen LogP contribution in [0.4, 0.5) is 15.9 Å². The van der Waals surface area contributed by atoms with Crippen LogP contribution in [0.1, 0.15) is 10.7 Å². The Morgan fingerprint density at radius 3 is 2.70 bits per heavy atom. The lowest BCUT2D eigenvalue weighted by molar-refractivity contribution is 0.144. The molecule has 0 aliphatic carbocycles. The molecule has 212 valence electrons. The highest BCUT2D eigenvalue weighted by Crippen LogP contribution is 2.28. The normalized spacial score (nSPS) is 16.1. The van der Waals surface area contributed by atoms with Crippen LogP contribution in [0.2, 0.25) is 0 Å². The minimum absolute atomic E-state index is 0.167. The average molecular weight is 571 g/mol. The lowest BCUT2D eigenvalue weighted by Gasteiger charge is -2.36. The number of piperazine rings is 1. The van der Waals surface area contributed by atoms with Crippen LogP contribution in [0.25, 0.3) is 5.78 Å². The maximum atomic E-state index is 14.5. The molecule has 0 unspecified atom stereocenters. The van der Waals surface area contributed by atoms with Crippen molar-refractivity contribution in [1.82, 2.24) is 28.6 Å². The predicted molar refractivity (Wildman–Crippen MR) is 150 cm³/mol. The number of benzene rings is 1. The number of methoxy groups -OCH3 is 1. The van der Waals surface area contributed by atoms with Gasteiger partial charge in [0.25, 0.3) is 0 Å². The Kier molecular flexibility index (Phi) is 7.27. The largest absolute Gasteiger partial charge is 0.488 e. The zero-order chi connectivity index (χ0) is 27.8. The first-order valence-electron chi connectivity index (χ1n) is 13.0. The highest BCUT2D eigenvalue weighted by molar-refractivity contribution is 7.11. The van der Waals surface area contributed by atoms with E-state index in [1.807, 2.05) is 11.4 Å². The van der Waals surface area contributed by atoms with Crippen LogP contribution < -0.4 is 26.2 Å². The van der Waals surface area contributed by atoms with Gasteiger partial charge >= 0.3 is 5.69 Å². The number of nitrogens with zero attached hydrogens (tertiary/aromatic N) is 9. The second-order valence-corrected chi connectivity index (χ2v) is 10.5. The Labute approximate surface area is 233 Å². The summed E-state index contributed by atoms with van der Waals surface area (Å²) in [5.41, 5.74) is 1.99. The van der Waals surface area contributed by atoms with Crippen LogP contribution in [0.15, 0.2) is 39.6 Å². The number of rotatable bonds is 9. The summed E-state index contributed by atoms with van der Waals surface area (Å²) < 4.78 is 29.9. The molecule has 2 aliphatic rings. The van der Waals surface area contributed by atoms with Gasteiger partial charge in [0.05, 0.1) is 6.61 Å². The molecule has 2 aliphatic heterocycles. The molecule has 13 nitrogen and oxygen atoms in total. The fraction of sp³-hybridized carbons (Fsp3) is 0.440. The Balaban J connectivity index is 1.14. The van der Waals surface area contributed by atoms with E-state index < -0.39 is 0 Å². The van der Waals surface area contributed by atoms with Crippen molar-refractivity contribution in [1.29, 1.82) is 0 Å². The summed E-state index contributed by atoms with van der Waals surface area (Å²) in [6.45, 7) is 5.16. The number of thiazole rings is 1. The molecule has 0 amide bonds. The van der Waals surface area contributed by atoms with Crippen LogP contribution in [0.5, 0.6) is 5.75 Å². The second-order valence-electron chi connectivity index (χ2n) is 9.59. The molecule has 15 heteroatoms. The molecule has 2 N–H and O–H groups in total. The number of halogens is 1. The number of aromatic nitrogens is 5. The highest BCUT2D eigenvalue weighted by atomic mass is 32.1. The van der Waals surface area contributed by atoms with Crippen molar-refractivity contribution >= 4 is 34.3 Å². The number of ether oxygens (including phenoxy) is 2. The minimum atomic E-state index is -0.384. The Bertz CT molecular complexity index is 1590. The second kappa shape index (κ2) is 11.0. The molecule has 3 aromatic heterocycles. The summed E-state index contributed by atoms with van der Waals surface area (Å²) in [7, 11) is 3.29. The summed E-state index contributed by atoms with van der Waals surface area (Å²) >= 11 is 1.48. The van der Waals surface area contributed by atoms with E-state index in [1.54, 1.807) is 40.2 Å². The van der Waals surface area contributed by atoms with Crippen LogP contribution in [0, 0.1) is 5.82 Å². The third kappa shape index (κ3) is 4.74. The summed E-state index contributed by atoms with van der Waals surface area (Å²) in [5, 5.41) is 4.12. The van der Waals surface area contributed by atoms with Gasteiger partial charge in [0, 0.05) is 76.8 Å². The van der Waals surface area contributed by atoms with E-state index >= 15 is 0 Å². The van der Waals surface area contributed by atoms with Gasteiger partial charge in [-0.1, -0.05) is 0 Å². The van der Waals surface area contributed by atoms with Crippen molar-refractivity contribution in [3.05, 3.63) is 56.8 Å². The topological polar surface area (TPSA) is 124 Å². The fourth-order valence-electron chi connectivity index (χ4n) is 5.10. The molecule has 6 rings (SSSR count). The summed E-state index contributed by atoms with van der Waals surface area (Å²) in [6, 6.07) is 5.06. The monoisotopic (exact) mass is 570 g/mol. The van der Waals surface area contributed by atoms with Crippen molar-refractivity contribution in [3.8, 4) is 5.75 Å². The number of hydrogen-bond donors (Lipinski definition) is 1. The van der Waals surface area contributed by atoms with Gasteiger partial charge in [0.2, 0.25) is 5.78 Å². The Morgan fingerprint density at radius 1 is 1.15 bits per heavy atom. The van der Waals surface area contributed by atoms with Crippen LogP contribution >= 0.6 is 11.3 Å². The molecule has 0 spiro atoms. The number of hydrogen-bond acceptors (Lipinski definition) is 11. The number of aryl methyl sites for hydroxylation is 1. The Morgan fingerprint density at radius 2 is 1.98 bits per heavy atom. The third-order valence-corrected chi connectivity index (χ3v) is 8.00. The molecule has 1 aromatic carbocycles. The molecule has 4 aromatic rings. The molecular weight excluding hydrogens is 539 g/mol. The van der Waals surface area contributed by atoms with E-state index in [2.05, 4.69) is 19.8 Å². The lowest BCUT2D eigenvalue weighted by Crippen LogP contribution is -2.47. The molecule has 0 atom stereocenters. The maximum absolute atomic E-state index is 14.5. The van der Waals surface area contributed by atoms with Gasteiger partial charge in [0.1, 0.15) is 29.7 Å². The quantitative estimate of drug-likeness (QED) is 0.230. The van der Waals surface area contributed by atoms with Crippen molar-refractivity contribution in [2.45, 2.75) is 6.54 Å². The van der Waals surface area contributed by atoms with Gasteiger partial charge in [-0.2, -0.15) is 4.98 Å². The van der Waals surface area contributed by atoms with Gasteiger partial charge in [-0.15, -0.1) is 11.3 Å². The predicted octanol–water partition coefficient (Wildman–Crippen LogP) is 0.766. The molecule has 1 fully saturated rings. The minimum Gasteiger partial charge on any atom is -0.488 e. The first kappa shape index (κ1) is 26.4. The molecular formula is C25H31FN10O3S. The first-order valence-corrected chi connectivity index (χ1v) is 13.9. The van der Waals surface area contributed by atoms with Crippen molar-refractivity contribution in [2.24, 2.45) is 17.9 Å². The third-order valence-electron chi connectivity index (χ3n) is 7.22. The summed E-state index contributed by atoms with van der Waals surface area (Å²) in [4.78, 5) is 31.5. The zero-order valence-corrected chi connectivity index (χ0v) is 23.2. The number of hydrazine groups is 1. The van der Waals surface area contributed by atoms with Crippen molar-refractivity contribution in [3.63, 3.8) is 0 Å². The SMILES string of the molecule is COCCOc1ccc(N2CCN(CCn3c(=O)n(C)n4c5c(nc34)N(N)CN=C5c3nccs3)CC2)cc1F. The smallest absolute Gasteiger partial charge is 0.345 e. The van der Waals surface area contributed by atoms with Gasteiger partial charge in [-0.25, -0.2) is 29.2 Å². The summed E-state index contributed by atoms with van der Waals surface area (Å²) in [6.07, 6.45) is 1.73. The van der Waals surface area contributed by atoms with Gasteiger partial charge in [-0.05, 0) is 12.1 Å². The van der Waals surface area contributed by atoms with Crippen LogP contribution in [-0.4, -0.2) is 94.1 Å². The van der Waals surface area contributed by atoms with E-state index in [0.717, 1.165) is 36.9 Å². The average Bonchev–Trinajstić information content (AvgIpc) is 3.68. The molecule has 40 heavy (non-hydrogen) atoms. The van der Waals surface area contributed by atoms with Gasteiger partial charge in [-0.3, -0.25) is 19.5 Å². The zero-order valence-electron chi connectivity index (χ0n) is 22.4. The van der Waals surface area contributed by atoms with Crippen molar-refractivity contribution in [2.75, 3.05) is 69.6 Å². The van der Waals surface area contributed by atoms with Crippen LogP contribution in [0.3, 0.4) is 0 Å². The first-order chi connectivity index (χ1) is 19.5. The van der Waals surface area contributed by atoms with E-state index in [0.29, 0.717) is 49.3 Å². The number of anilines is 2. The highest BCUT2D eigenvalue weighted by Gasteiger charge is 2.31. The lowest BCUT2D eigenvalue weighted by atomic mass is 10.2. The van der Waals surface area contributed by atoms with E-state index in [1.165, 1.54) is 22.4 Å². The van der Waals surface area contributed by atoms with E-state index in [-0.39, 0.29) is 23.9 Å². The van der Waals surface area contributed by atoms with E-state index in [9.17, 15) is 9.18 Å². The van der Waals surface area contributed by atoms with Crippen molar-refractivity contribution < 1.29 is 13.9 Å².